The van der Waals surface area contributed by atoms with Crippen LogP contribution in [0.1, 0.15) is 29.7 Å². The fourth-order valence-corrected chi connectivity index (χ4v) is 5.63. The van der Waals surface area contributed by atoms with E-state index in [1.165, 1.54) is 12.8 Å². The predicted octanol–water partition coefficient (Wildman–Crippen LogP) is 5.04. The maximum atomic E-state index is 9.83. The molecule has 190 valence electrons. The molecule has 0 amide bonds. The topological polar surface area (TPSA) is 93.3 Å². The van der Waals surface area contributed by atoms with Gasteiger partial charge in [-0.15, -0.1) is 0 Å². The Hall–Kier alpha value is -3.64. The van der Waals surface area contributed by atoms with Crippen molar-refractivity contribution in [3.63, 3.8) is 0 Å². The molecule has 4 aromatic rings. The Kier molecular flexibility index (Phi) is 6.66. The third-order valence-electron chi connectivity index (χ3n) is 7.76. The van der Waals surface area contributed by atoms with Gasteiger partial charge in [-0.1, -0.05) is 0 Å². The lowest BCUT2D eigenvalue weighted by molar-refractivity contribution is -0.000237. The number of fused-ring (bicyclic) bond motifs is 1. The fourth-order valence-electron chi connectivity index (χ4n) is 5.63. The van der Waals surface area contributed by atoms with Gasteiger partial charge in [-0.2, -0.15) is 5.26 Å². The number of rotatable bonds is 6. The van der Waals surface area contributed by atoms with E-state index in [4.69, 9.17) is 9.15 Å². The van der Waals surface area contributed by atoms with E-state index in [-0.39, 0.29) is 0 Å². The van der Waals surface area contributed by atoms with Gasteiger partial charge in [0.1, 0.15) is 17.6 Å². The van der Waals surface area contributed by atoms with Gasteiger partial charge in [-0.25, -0.2) is 0 Å². The van der Waals surface area contributed by atoms with Crippen molar-refractivity contribution in [2.24, 2.45) is 0 Å². The van der Waals surface area contributed by atoms with Crippen molar-refractivity contribution >= 4 is 22.3 Å². The standard InChI is InChI=1S/C29H32N6O2/c1-20-24-6-9-32-27(24)4-3-26(20)33-29-21(16-30)17-31-18-25(29)28-5-2-23(37-28)19-34-10-7-22(8-11-34)35-12-14-36-15-13-35/h2-6,9,17-18,22,32H,7-8,10-15,19H2,1H3,(H,31,33). The highest BCUT2D eigenvalue weighted by Crippen LogP contribution is 2.36. The van der Waals surface area contributed by atoms with Crippen LogP contribution in [0.4, 0.5) is 11.4 Å². The number of hydrogen-bond acceptors (Lipinski definition) is 7. The summed E-state index contributed by atoms with van der Waals surface area (Å²) in [5, 5.41) is 14.5. The molecule has 0 atom stereocenters. The molecule has 5 heterocycles. The largest absolute Gasteiger partial charge is 0.460 e. The number of piperidine rings is 1. The van der Waals surface area contributed by atoms with Crippen LogP contribution < -0.4 is 5.32 Å². The lowest BCUT2D eigenvalue weighted by Gasteiger charge is -2.39. The number of benzene rings is 1. The summed E-state index contributed by atoms with van der Waals surface area (Å²) in [5.74, 6) is 1.64. The van der Waals surface area contributed by atoms with Crippen LogP contribution in [0.2, 0.25) is 0 Å². The Labute approximate surface area is 216 Å². The number of hydrogen-bond donors (Lipinski definition) is 2. The average molecular weight is 497 g/mol. The Bertz CT molecular complexity index is 1420. The van der Waals surface area contributed by atoms with Gasteiger partial charge < -0.3 is 19.5 Å². The minimum atomic E-state index is 0.481. The second kappa shape index (κ2) is 10.4. The number of anilines is 2. The predicted molar refractivity (Wildman–Crippen MR) is 144 cm³/mol. The molecule has 0 bridgehead atoms. The second-order valence-electron chi connectivity index (χ2n) is 9.95. The van der Waals surface area contributed by atoms with E-state index in [0.29, 0.717) is 23.1 Å². The third-order valence-corrected chi connectivity index (χ3v) is 7.76. The van der Waals surface area contributed by atoms with E-state index in [1.54, 1.807) is 12.4 Å². The maximum Gasteiger partial charge on any atom is 0.138 e. The number of furan rings is 1. The first-order valence-corrected chi connectivity index (χ1v) is 13.0. The molecule has 2 fully saturated rings. The molecule has 2 aliphatic rings. The van der Waals surface area contributed by atoms with Gasteiger partial charge in [0, 0.05) is 67.4 Å². The zero-order chi connectivity index (χ0) is 25.2. The molecule has 1 aromatic carbocycles. The van der Waals surface area contributed by atoms with E-state index in [0.717, 1.165) is 79.4 Å². The van der Waals surface area contributed by atoms with Crippen LogP contribution in [-0.2, 0) is 11.3 Å². The molecule has 0 saturated carbocycles. The normalized spacial score (nSPS) is 17.7. The first-order valence-electron chi connectivity index (χ1n) is 13.0. The molecular formula is C29H32N6O2. The number of nitriles is 1. The molecule has 6 rings (SSSR count). The van der Waals surface area contributed by atoms with Crippen molar-refractivity contribution in [3.8, 4) is 17.4 Å². The molecule has 3 aromatic heterocycles. The van der Waals surface area contributed by atoms with Crippen LogP contribution in [-0.4, -0.2) is 65.2 Å². The molecule has 0 aliphatic carbocycles. The summed E-state index contributed by atoms with van der Waals surface area (Å²) in [7, 11) is 0. The van der Waals surface area contributed by atoms with Crippen LogP contribution in [0.25, 0.3) is 22.2 Å². The Morgan fingerprint density at radius 1 is 1.08 bits per heavy atom. The van der Waals surface area contributed by atoms with Crippen LogP contribution in [0.15, 0.2) is 53.3 Å². The highest BCUT2D eigenvalue weighted by molar-refractivity contribution is 5.91. The SMILES string of the molecule is Cc1c(Nc2c(C#N)cncc2-c2ccc(CN3CCC(N4CCOCC4)CC3)o2)ccc2[nH]ccc12. The lowest BCUT2D eigenvalue weighted by Crippen LogP contribution is -2.48. The van der Waals surface area contributed by atoms with Gasteiger partial charge in [0.25, 0.3) is 0 Å². The zero-order valence-electron chi connectivity index (χ0n) is 21.2. The van der Waals surface area contributed by atoms with E-state index in [2.05, 4.69) is 44.1 Å². The summed E-state index contributed by atoms with van der Waals surface area (Å²) in [6, 6.07) is 13.1. The molecule has 0 radical (unpaired) electrons. The van der Waals surface area contributed by atoms with Gasteiger partial charge in [0.15, 0.2) is 0 Å². The average Bonchev–Trinajstić information content (AvgIpc) is 3.61. The Morgan fingerprint density at radius 2 is 1.92 bits per heavy atom. The first kappa shape index (κ1) is 23.7. The smallest absolute Gasteiger partial charge is 0.138 e. The Balaban J connectivity index is 1.19. The van der Waals surface area contributed by atoms with Gasteiger partial charge in [-0.3, -0.25) is 14.8 Å². The molecule has 0 spiro atoms. The molecule has 8 nitrogen and oxygen atoms in total. The van der Waals surface area contributed by atoms with Gasteiger partial charge >= 0.3 is 0 Å². The third kappa shape index (κ3) is 4.86. The van der Waals surface area contributed by atoms with E-state index in [1.807, 2.05) is 30.5 Å². The second-order valence-corrected chi connectivity index (χ2v) is 9.95. The number of ether oxygens (including phenoxy) is 1. The van der Waals surface area contributed by atoms with Crippen LogP contribution in [0, 0.1) is 18.3 Å². The summed E-state index contributed by atoms with van der Waals surface area (Å²) in [6.45, 7) is 8.82. The highest BCUT2D eigenvalue weighted by Gasteiger charge is 2.26. The number of morpholine rings is 1. The number of aromatic nitrogens is 2. The fraction of sp³-hybridized carbons (Fsp3) is 0.379. The number of pyridine rings is 1. The van der Waals surface area contributed by atoms with Crippen LogP contribution in [0.5, 0.6) is 0 Å². The molecule has 8 heteroatoms. The van der Waals surface area contributed by atoms with Crippen molar-refractivity contribution in [3.05, 3.63) is 65.8 Å². The zero-order valence-corrected chi connectivity index (χ0v) is 21.2. The number of H-pyrrole nitrogens is 1. The van der Waals surface area contributed by atoms with Crippen LogP contribution >= 0.6 is 0 Å². The number of aromatic amines is 1. The van der Waals surface area contributed by atoms with Crippen molar-refractivity contribution in [1.82, 2.24) is 19.8 Å². The van der Waals surface area contributed by atoms with Gasteiger partial charge in [0.2, 0.25) is 0 Å². The van der Waals surface area contributed by atoms with E-state index in [9.17, 15) is 5.26 Å². The summed E-state index contributed by atoms with van der Waals surface area (Å²) >= 11 is 0. The monoisotopic (exact) mass is 496 g/mol. The van der Waals surface area contributed by atoms with E-state index < -0.39 is 0 Å². The van der Waals surface area contributed by atoms with Gasteiger partial charge in [-0.05, 0) is 55.7 Å². The van der Waals surface area contributed by atoms with Crippen molar-refractivity contribution in [2.45, 2.75) is 32.4 Å². The summed E-state index contributed by atoms with van der Waals surface area (Å²) in [5.41, 5.74) is 5.13. The highest BCUT2D eigenvalue weighted by atomic mass is 16.5. The summed E-state index contributed by atoms with van der Waals surface area (Å²) in [6.07, 6.45) is 7.67. The van der Waals surface area contributed by atoms with Gasteiger partial charge in [0.05, 0.1) is 36.6 Å². The minimum absolute atomic E-state index is 0.481. The van der Waals surface area contributed by atoms with Crippen LogP contribution in [0.3, 0.4) is 0 Å². The maximum absolute atomic E-state index is 9.83. The van der Waals surface area contributed by atoms with Crippen molar-refractivity contribution in [1.29, 1.82) is 5.26 Å². The molecule has 37 heavy (non-hydrogen) atoms. The number of nitrogens with one attached hydrogen (secondary N) is 2. The van der Waals surface area contributed by atoms with Crippen molar-refractivity contribution < 1.29 is 9.15 Å². The minimum Gasteiger partial charge on any atom is -0.460 e. The quantitative estimate of drug-likeness (QED) is 0.386. The lowest BCUT2D eigenvalue weighted by atomic mass is 10.0. The van der Waals surface area contributed by atoms with E-state index >= 15 is 0 Å². The molecule has 2 N–H and O–H groups in total. The number of likely N-dealkylation sites (tertiary alicyclic amines) is 1. The van der Waals surface area contributed by atoms with Crippen molar-refractivity contribution in [2.75, 3.05) is 44.7 Å². The number of nitrogens with zero attached hydrogens (tertiary/aromatic N) is 4. The summed E-state index contributed by atoms with van der Waals surface area (Å²) < 4.78 is 11.8. The number of aryl methyl sites for hydroxylation is 1. The first-order chi connectivity index (χ1) is 18.2. The molecular weight excluding hydrogens is 464 g/mol. The Morgan fingerprint density at radius 3 is 2.73 bits per heavy atom. The molecule has 0 unspecified atom stereocenters. The molecule has 2 saturated heterocycles. The summed E-state index contributed by atoms with van der Waals surface area (Å²) in [4.78, 5) is 12.6. The molecule has 2 aliphatic heterocycles.